The number of nitrogens with two attached hydrogens (primary N) is 1. The number of halogens is 1. The Morgan fingerprint density at radius 3 is 2.81 bits per heavy atom. The van der Waals surface area contributed by atoms with E-state index in [-0.39, 0.29) is 12.1 Å². The van der Waals surface area contributed by atoms with Crippen LogP contribution in [-0.4, -0.2) is 28.5 Å². The summed E-state index contributed by atoms with van der Waals surface area (Å²) in [6, 6.07) is 7.39. The largest absolute Gasteiger partial charge is 0.486 e. The molecular weight excluding hydrogens is 290 g/mol. The summed E-state index contributed by atoms with van der Waals surface area (Å²) in [6.45, 7) is 2.32. The standard InChI is InChI=1S/C15H18ClN3O2/c1-9-15(16)11(19(2)18-9)7-10(17)14-8-20-12-5-3-4-6-13(12)21-14/h3-6,10,14H,7-8,17H2,1-2H3. The SMILES string of the molecule is Cc1nn(C)c(CC(N)C2COc3ccccc3O2)c1Cl. The van der Waals surface area contributed by atoms with Gasteiger partial charge < -0.3 is 15.2 Å². The van der Waals surface area contributed by atoms with E-state index in [1.54, 1.807) is 4.68 Å². The molecule has 2 aromatic rings. The van der Waals surface area contributed by atoms with Gasteiger partial charge in [0.1, 0.15) is 12.7 Å². The molecule has 2 atom stereocenters. The monoisotopic (exact) mass is 307 g/mol. The molecule has 112 valence electrons. The lowest BCUT2D eigenvalue weighted by molar-refractivity contribution is 0.0718. The lowest BCUT2D eigenvalue weighted by Gasteiger charge is -2.30. The minimum absolute atomic E-state index is 0.203. The first-order valence-electron chi connectivity index (χ1n) is 6.88. The van der Waals surface area contributed by atoms with Gasteiger partial charge in [0, 0.05) is 13.5 Å². The van der Waals surface area contributed by atoms with Crippen molar-refractivity contribution >= 4 is 11.6 Å². The molecule has 0 amide bonds. The normalized spacial score (nSPS) is 18.6. The number of para-hydroxylation sites is 2. The van der Waals surface area contributed by atoms with Crippen LogP contribution in [0, 0.1) is 6.92 Å². The Bertz CT molecular complexity index is 656. The van der Waals surface area contributed by atoms with E-state index in [1.807, 2.05) is 38.2 Å². The third kappa shape index (κ3) is 2.71. The van der Waals surface area contributed by atoms with E-state index < -0.39 is 0 Å². The van der Waals surface area contributed by atoms with Crippen molar-refractivity contribution in [2.45, 2.75) is 25.5 Å². The van der Waals surface area contributed by atoms with Crippen LogP contribution in [0.2, 0.25) is 5.02 Å². The first-order valence-corrected chi connectivity index (χ1v) is 7.26. The molecule has 2 heterocycles. The first-order chi connectivity index (χ1) is 10.1. The van der Waals surface area contributed by atoms with Gasteiger partial charge in [0.2, 0.25) is 0 Å². The molecule has 3 rings (SSSR count). The van der Waals surface area contributed by atoms with Gasteiger partial charge in [-0.15, -0.1) is 0 Å². The number of ether oxygens (including phenoxy) is 2. The maximum Gasteiger partial charge on any atom is 0.161 e. The van der Waals surface area contributed by atoms with Gasteiger partial charge in [-0.05, 0) is 19.1 Å². The third-order valence-electron chi connectivity index (χ3n) is 3.70. The van der Waals surface area contributed by atoms with Gasteiger partial charge in [0.25, 0.3) is 0 Å². The molecule has 1 aliphatic heterocycles. The molecule has 0 bridgehead atoms. The fraction of sp³-hybridized carbons (Fsp3) is 0.400. The minimum atomic E-state index is -0.217. The van der Waals surface area contributed by atoms with Crippen LogP contribution in [0.25, 0.3) is 0 Å². The molecule has 0 radical (unpaired) electrons. The Balaban J connectivity index is 1.73. The van der Waals surface area contributed by atoms with Gasteiger partial charge in [-0.2, -0.15) is 5.10 Å². The van der Waals surface area contributed by atoms with E-state index in [4.69, 9.17) is 26.8 Å². The summed E-state index contributed by atoms with van der Waals surface area (Å²) < 4.78 is 13.4. The highest BCUT2D eigenvalue weighted by Crippen LogP contribution is 2.32. The number of benzene rings is 1. The summed E-state index contributed by atoms with van der Waals surface area (Å²) >= 11 is 6.27. The summed E-state index contributed by atoms with van der Waals surface area (Å²) in [5.74, 6) is 1.49. The molecule has 21 heavy (non-hydrogen) atoms. The predicted octanol–water partition coefficient (Wildman–Crippen LogP) is 2.09. The zero-order chi connectivity index (χ0) is 15.0. The van der Waals surface area contributed by atoms with Crippen LogP contribution in [0.3, 0.4) is 0 Å². The number of aromatic nitrogens is 2. The van der Waals surface area contributed by atoms with Gasteiger partial charge >= 0.3 is 0 Å². The highest BCUT2D eigenvalue weighted by molar-refractivity contribution is 6.31. The zero-order valence-electron chi connectivity index (χ0n) is 12.0. The van der Waals surface area contributed by atoms with Crippen molar-refractivity contribution in [1.82, 2.24) is 9.78 Å². The van der Waals surface area contributed by atoms with Crippen molar-refractivity contribution in [3.63, 3.8) is 0 Å². The Morgan fingerprint density at radius 2 is 2.14 bits per heavy atom. The van der Waals surface area contributed by atoms with Crippen LogP contribution in [-0.2, 0) is 13.5 Å². The van der Waals surface area contributed by atoms with E-state index in [9.17, 15) is 0 Å². The van der Waals surface area contributed by atoms with Crippen LogP contribution in [0.1, 0.15) is 11.4 Å². The lowest BCUT2D eigenvalue weighted by Crippen LogP contribution is -2.46. The van der Waals surface area contributed by atoms with Crippen molar-refractivity contribution in [3.05, 3.63) is 40.7 Å². The van der Waals surface area contributed by atoms with E-state index in [2.05, 4.69) is 5.10 Å². The number of hydrogen-bond donors (Lipinski definition) is 1. The van der Waals surface area contributed by atoms with E-state index in [0.29, 0.717) is 18.1 Å². The molecule has 0 saturated heterocycles. The van der Waals surface area contributed by atoms with Gasteiger partial charge in [0.05, 0.1) is 22.5 Å². The van der Waals surface area contributed by atoms with Crippen molar-refractivity contribution in [2.75, 3.05) is 6.61 Å². The van der Waals surface area contributed by atoms with Crippen molar-refractivity contribution in [1.29, 1.82) is 0 Å². The molecule has 1 aliphatic rings. The van der Waals surface area contributed by atoms with Crippen molar-refractivity contribution in [3.8, 4) is 11.5 Å². The van der Waals surface area contributed by atoms with Gasteiger partial charge in [-0.3, -0.25) is 4.68 Å². The molecule has 0 aliphatic carbocycles. The van der Waals surface area contributed by atoms with Crippen molar-refractivity contribution < 1.29 is 9.47 Å². The maximum atomic E-state index is 6.28. The number of aryl methyl sites for hydroxylation is 2. The third-order valence-corrected chi connectivity index (χ3v) is 4.19. The average molecular weight is 308 g/mol. The number of rotatable bonds is 3. The second-order valence-corrected chi connectivity index (χ2v) is 5.63. The molecule has 6 heteroatoms. The molecular formula is C15H18ClN3O2. The van der Waals surface area contributed by atoms with Crippen molar-refractivity contribution in [2.24, 2.45) is 12.8 Å². The summed E-state index contributed by atoms with van der Waals surface area (Å²) in [7, 11) is 1.87. The highest BCUT2D eigenvalue weighted by atomic mass is 35.5. The molecule has 2 unspecified atom stereocenters. The Labute approximate surface area is 128 Å². The molecule has 1 aromatic carbocycles. The summed E-state index contributed by atoms with van der Waals surface area (Å²) in [6.07, 6.45) is 0.387. The summed E-state index contributed by atoms with van der Waals surface area (Å²) in [4.78, 5) is 0. The molecule has 1 aromatic heterocycles. The predicted molar refractivity (Wildman–Crippen MR) is 81.0 cm³/mol. The zero-order valence-corrected chi connectivity index (χ0v) is 12.8. The topological polar surface area (TPSA) is 62.3 Å². The quantitative estimate of drug-likeness (QED) is 0.943. The Kier molecular flexibility index (Phi) is 3.78. The Morgan fingerprint density at radius 1 is 1.43 bits per heavy atom. The van der Waals surface area contributed by atoms with Crippen LogP contribution in [0.4, 0.5) is 0 Å². The highest BCUT2D eigenvalue weighted by Gasteiger charge is 2.28. The van der Waals surface area contributed by atoms with Gasteiger partial charge in [-0.25, -0.2) is 0 Å². The smallest absolute Gasteiger partial charge is 0.161 e. The number of nitrogens with zero attached hydrogens (tertiary/aromatic N) is 2. The molecule has 0 fully saturated rings. The van der Waals surface area contributed by atoms with Crippen LogP contribution >= 0.6 is 11.6 Å². The number of hydrogen-bond acceptors (Lipinski definition) is 4. The molecule has 0 saturated carbocycles. The second kappa shape index (κ2) is 5.58. The van der Waals surface area contributed by atoms with E-state index in [0.717, 1.165) is 22.9 Å². The first kappa shape index (κ1) is 14.2. The van der Waals surface area contributed by atoms with Gasteiger partial charge in [-0.1, -0.05) is 23.7 Å². The van der Waals surface area contributed by atoms with Crippen LogP contribution in [0.5, 0.6) is 11.5 Å². The van der Waals surface area contributed by atoms with E-state index >= 15 is 0 Å². The number of fused-ring (bicyclic) bond motifs is 1. The van der Waals surface area contributed by atoms with Crippen LogP contribution < -0.4 is 15.2 Å². The fourth-order valence-corrected chi connectivity index (χ4v) is 2.74. The molecule has 5 nitrogen and oxygen atoms in total. The van der Waals surface area contributed by atoms with Crippen LogP contribution in [0.15, 0.2) is 24.3 Å². The average Bonchev–Trinajstić information content (AvgIpc) is 2.73. The maximum absolute atomic E-state index is 6.28. The van der Waals surface area contributed by atoms with Gasteiger partial charge in [0.15, 0.2) is 11.5 Å². The fourth-order valence-electron chi connectivity index (χ4n) is 2.50. The second-order valence-electron chi connectivity index (χ2n) is 5.25. The molecule has 0 spiro atoms. The van der Waals surface area contributed by atoms with E-state index in [1.165, 1.54) is 0 Å². The minimum Gasteiger partial charge on any atom is -0.486 e. The Hall–Kier alpha value is -1.72. The molecule has 2 N–H and O–H groups in total. The summed E-state index contributed by atoms with van der Waals surface area (Å²) in [5, 5.41) is 4.97. The lowest BCUT2D eigenvalue weighted by atomic mass is 10.1. The summed E-state index contributed by atoms with van der Waals surface area (Å²) in [5.41, 5.74) is 8.01.